The van der Waals surface area contributed by atoms with E-state index in [-0.39, 0.29) is 0 Å². The first-order valence-electron chi connectivity index (χ1n) is 8.70. The molecule has 25 heavy (non-hydrogen) atoms. The highest BCUT2D eigenvalue weighted by Gasteiger charge is 2.17. The minimum atomic E-state index is 0.820. The second kappa shape index (κ2) is 7.91. The van der Waals surface area contributed by atoms with Crippen LogP contribution in [-0.4, -0.2) is 46.1 Å². The van der Waals surface area contributed by atoms with Gasteiger partial charge >= 0.3 is 0 Å². The van der Waals surface area contributed by atoms with Crippen LogP contribution in [0.15, 0.2) is 52.6 Å². The number of hydrogen-bond donors (Lipinski definition) is 0. The van der Waals surface area contributed by atoms with Gasteiger partial charge in [-0.15, -0.1) is 11.3 Å². The van der Waals surface area contributed by atoms with Crippen molar-refractivity contribution in [3.05, 3.63) is 58.7 Å². The molecule has 1 aliphatic heterocycles. The number of rotatable bonds is 5. The van der Waals surface area contributed by atoms with Crippen molar-refractivity contribution in [2.24, 2.45) is 0 Å². The summed E-state index contributed by atoms with van der Waals surface area (Å²) in [4.78, 5) is 10.6. The van der Waals surface area contributed by atoms with Crippen LogP contribution in [0.25, 0.3) is 11.3 Å². The van der Waals surface area contributed by atoms with Gasteiger partial charge in [-0.05, 0) is 43.1 Å². The summed E-state index contributed by atoms with van der Waals surface area (Å²) in [7, 11) is 0. The first-order chi connectivity index (χ1) is 12.4. The van der Waals surface area contributed by atoms with Crippen molar-refractivity contribution in [3.63, 3.8) is 0 Å². The van der Waals surface area contributed by atoms with Crippen molar-refractivity contribution >= 4 is 11.3 Å². The second-order valence-electron chi connectivity index (χ2n) is 6.41. The van der Waals surface area contributed by atoms with E-state index in [2.05, 4.69) is 37.5 Å². The van der Waals surface area contributed by atoms with E-state index in [4.69, 9.17) is 4.52 Å². The molecule has 4 rings (SSSR count). The number of pyridine rings is 1. The highest BCUT2D eigenvalue weighted by Crippen LogP contribution is 2.19. The lowest BCUT2D eigenvalue weighted by Crippen LogP contribution is -2.30. The standard InChI is InChI=1S/C19H22N4OS/c1-4-16(13-20-6-1)19-12-17(24-21-19)14-22-7-3-8-23(10-9-22)15-18-5-2-11-25-18/h1-2,4-6,11-13H,3,7-10,14-15H2. The minimum absolute atomic E-state index is 0.820. The van der Waals surface area contributed by atoms with E-state index in [0.717, 1.165) is 56.3 Å². The molecule has 4 heterocycles. The largest absolute Gasteiger partial charge is 0.359 e. The van der Waals surface area contributed by atoms with Crippen LogP contribution in [0.5, 0.6) is 0 Å². The van der Waals surface area contributed by atoms with Gasteiger partial charge < -0.3 is 4.52 Å². The fraction of sp³-hybridized carbons (Fsp3) is 0.368. The van der Waals surface area contributed by atoms with E-state index in [9.17, 15) is 0 Å². The lowest BCUT2D eigenvalue weighted by Gasteiger charge is -2.20. The maximum atomic E-state index is 5.54. The van der Waals surface area contributed by atoms with Gasteiger partial charge in [-0.2, -0.15) is 0 Å². The molecular formula is C19H22N4OS. The quantitative estimate of drug-likeness (QED) is 0.702. The summed E-state index contributed by atoms with van der Waals surface area (Å²) in [5.74, 6) is 0.922. The van der Waals surface area contributed by atoms with Crippen LogP contribution in [-0.2, 0) is 13.1 Å². The third-order valence-electron chi connectivity index (χ3n) is 4.54. The van der Waals surface area contributed by atoms with Gasteiger partial charge in [-0.25, -0.2) is 0 Å². The summed E-state index contributed by atoms with van der Waals surface area (Å²) in [6.07, 6.45) is 4.77. The van der Waals surface area contributed by atoms with E-state index in [0.29, 0.717) is 0 Å². The van der Waals surface area contributed by atoms with Gasteiger partial charge in [0.15, 0.2) is 5.76 Å². The summed E-state index contributed by atoms with van der Waals surface area (Å²) in [6, 6.07) is 10.3. The molecule has 0 radical (unpaired) electrons. The molecule has 0 atom stereocenters. The molecule has 0 aliphatic carbocycles. The predicted molar refractivity (Wildman–Crippen MR) is 99.2 cm³/mol. The normalized spacial score (nSPS) is 16.8. The van der Waals surface area contributed by atoms with Gasteiger partial charge in [0.05, 0.1) is 6.54 Å². The Morgan fingerprint density at radius 3 is 2.68 bits per heavy atom. The lowest BCUT2D eigenvalue weighted by molar-refractivity contribution is 0.226. The highest BCUT2D eigenvalue weighted by atomic mass is 32.1. The summed E-state index contributed by atoms with van der Waals surface area (Å²) in [5.41, 5.74) is 1.85. The topological polar surface area (TPSA) is 45.4 Å². The molecule has 6 heteroatoms. The van der Waals surface area contributed by atoms with Gasteiger partial charge in [0, 0.05) is 48.5 Å². The second-order valence-corrected chi connectivity index (χ2v) is 7.44. The molecule has 0 N–H and O–H groups in total. The Hall–Kier alpha value is -2.02. The molecule has 0 saturated carbocycles. The number of aromatic nitrogens is 2. The summed E-state index contributed by atoms with van der Waals surface area (Å²) in [5, 5.41) is 6.35. The van der Waals surface area contributed by atoms with Gasteiger partial charge in [0.1, 0.15) is 5.69 Å². The first kappa shape index (κ1) is 16.4. The van der Waals surface area contributed by atoms with E-state index < -0.39 is 0 Å². The summed E-state index contributed by atoms with van der Waals surface area (Å²) in [6.45, 7) is 6.31. The highest BCUT2D eigenvalue weighted by molar-refractivity contribution is 7.09. The van der Waals surface area contributed by atoms with Crippen molar-refractivity contribution < 1.29 is 4.52 Å². The fourth-order valence-corrected chi connectivity index (χ4v) is 3.97. The van der Waals surface area contributed by atoms with Crippen molar-refractivity contribution in [3.8, 4) is 11.3 Å². The van der Waals surface area contributed by atoms with Gasteiger partial charge in [0.2, 0.25) is 0 Å². The fourth-order valence-electron chi connectivity index (χ4n) is 3.22. The third kappa shape index (κ3) is 4.34. The smallest absolute Gasteiger partial charge is 0.151 e. The molecule has 5 nitrogen and oxygen atoms in total. The van der Waals surface area contributed by atoms with Crippen LogP contribution in [0, 0.1) is 0 Å². The molecule has 0 amide bonds. The monoisotopic (exact) mass is 354 g/mol. The molecule has 0 spiro atoms. The molecule has 0 aromatic carbocycles. The van der Waals surface area contributed by atoms with Crippen LogP contribution in [0.4, 0.5) is 0 Å². The Morgan fingerprint density at radius 1 is 1.04 bits per heavy atom. The average Bonchev–Trinajstić information content (AvgIpc) is 3.27. The van der Waals surface area contributed by atoms with Crippen LogP contribution in [0.2, 0.25) is 0 Å². The van der Waals surface area contributed by atoms with Gasteiger partial charge in [0.25, 0.3) is 0 Å². The van der Waals surface area contributed by atoms with Gasteiger partial charge in [-0.3, -0.25) is 14.8 Å². The minimum Gasteiger partial charge on any atom is -0.359 e. The first-order valence-corrected chi connectivity index (χ1v) is 9.58. The molecule has 130 valence electrons. The molecule has 1 saturated heterocycles. The molecule has 3 aromatic rings. The molecule has 1 aliphatic rings. The molecule has 3 aromatic heterocycles. The van der Waals surface area contributed by atoms with Crippen LogP contribution < -0.4 is 0 Å². The van der Waals surface area contributed by atoms with Crippen molar-refractivity contribution in [1.29, 1.82) is 0 Å². The van der Waals surface area contributed by atoms with Crippen LogP contribution >= 0.6 is 11.3 Å². The Morgan fingerprint density at radius 2 is 1.92 bits per heavy atom. The zero-order valence-corrected chi connectivity index (χ0v) is 15.0. The van der Waals surface area contributed by atoms with Crippen molar-refractivity contribution in [2.75, 3.05) is 26.2 Å². The molecule has 0 unspecified atom stereocenters. The Kier molecular flexibility index (Phi) is 5.20. The van der Waals surface area contributed by atoms with E-state index in [1.807, 2.05) is 35.7 Å². The molecule has 0 bridgehead atoms. The van der Waals surface area contributed by atoms with E-state index >= 15 is 0 Å². The molecular weight excluding hydrogens is 332 g/mol. The van der Waals surface area contributed by atoms with Crippen LogP contribution in [0.3, 0.4) is 0 Å². The Labute approximate surface area is 151 Å². The van der Waals surface area contributed by atoms with Crippen LogP contribution in [0.1, 0.15) is 17.1 Å². The zero-order chi connectivity index (χ0) is 16.9. The maximum Gasteiger partial charge on any atom is 0.151 e. The summed E-state index contributed by atoms with van der Waals surface area (Å²) >= 11 is 1.84. The number of nitrogens with zero attached hydrogens (tertiary/aromatic N) is 4. The zero-order valence-electron chi connectivity index (χ0n) is 14.2. The SMILES string of the molecule is c1cncc(-c2cc(CN3CCCN(Cc4cccs4)CC3)on2)c1. The Bertz CT molecular complexity index is 772. The molecule has 1 fully saturated rings. The average molecular weight is 354 g/mol. The van der Waals surface area contributed by atoms with Gasteiger partial charge in [-0.1, -0.05) is 11.2 Å². The predicted octanol–water partition coefficient (Wildman–Crippen LogP) is 3.51. The number of hydrogen-bond acceptors (Lipinski definition) is 6. The maximum absolute atomic E-state index is 5.54. The Balaban J connectivity index is 1.33. The summed E-state index contributed by atoms with van der Waals surface area (Å²) < 4.78 is 5.54. The van der Waals surface area contributed by atoms with Crippen molar-refractivity contribution in [1.82, 2.24) is 19.9 Å². The number of thiophene rings is 1. The van der Waals surface area contributed by atoms with E-state index in [1.54, 1.807) is 6.20 Å². The third-order valence-corrected chi connectivity index (χ3v) is 5.40. The lowest BCUT2D eigenvalue weighted by atomic mass is 10.2. The van der Waals surface area contributed by atoms with Crippen molar-refractivity contribution in [2.45, 2.75) is 19.5 Å². The van der Waals surface area contributed by atoms with E-state index in [1.165, 1.54) is 11.3 Å².